The van der Waals surface area contributed by atoms with E-state index < -0.39 is 5.60 Å². The minimum absolute atomic E-state index is 0.0503. The zero-order valence-electron chi connectivity index (χ0n) is 25.2. The molecule has 1 amide bonds. The number of carbonyl (C=O) groups is 2. The molecule has 2 fully saturated rings. The fourth-order valence-corrected chi connectivity index (χ4v) is 6.77. The van der Waals surface area contributed by atoms with Crippen molar-refractivity contribution in [2.45, 2.75) is 70.6 Å². The van der Waals surface area contributed by atoms with E-state index in [9.17, 15) is 9.59 Å². The number of H-pyrrole nitrogens is 1. The van der Waals surface area contributed by atoms with Gasteiger partial charge in [-0.1, -0.05) is 6.07 Å². The van der Waals surface area contributed by atoms with Crippen molar-refractivity contribution in [2.75, 3.05) is 26.2 Å². The van der Waals surface area contributed by atoms with Gasteiger partial charge in [-0.2, -0.15) is 16.4 Å². The highest BCUT2D eigenvalue weighted by Crippen LogP contribution is 2.32. The summed E-state index contributed by atoms with van der Waals surface area (Å²) in [5.41, 5.74) is 4.39. The van der Waals surface area contributed by atoms with Crippen LogP contribution in [0.1, 0.15) is 63.6 Å². The topological polar surface area (TPSA) is 87.8 Å². The molecule has 0 saturated carbocycles. The zero-order valence-corrected chi connectivity index (χ0v) is 26.0. The van der Waals surface area contributed by atoms with Crippen molar-refractivity contribution in [1.29, 1.82) is 0 Å². The van der Waals surface area contributed by atoms with Crippen LogP contribution in [0.5, 0.6) is 5.75 Å². The Bertz CT molecular complexity index is 1540. The van der Waals surface area contributed by atoms with Crippen LogP contribution in [0.3, 0.4) is 0 Å². The monoisotopic (exact) mass is 600 g/mol. The van der Waals surface area contributed by atoms with E-state index in [1.54, 1.807) is 16.2 Å². The van der Waals surface area contributed by atoms with Crippen LogP contribution in [0, 0.1) is 0 Å². The van der Waals surface area contributed by atoms with Crippen LogP contribution in [0.25, 0.3) is 22.2 Å². The van der Waals surface area contributed by atoms with Gasteiger partial charge in [-0.15, -0.1) is 0 Å². The summed E-state index contributed by atoms with van der Waals surface area (Å²) in [7, 11) is 0. The van der Waals surface area contributed by atoms with Crippen molar-refractivity contribution in [3.8, 4) is 17.0 Å². The molecule has 4 aromatic rings. The summed E-state index contributed by atoms with van der Waals surface area (Å²) < 4.78 is 11.8. The molecule has 1 unspecified atom stereocenters. The Labute approximate surface area is 257 Å². The van der Waals surface area contributed by atoms with Gasteiger partial charge in [0.2, 0.25) is 0 Å². The van der Waals surface area contributed by atoms with E-state index in [4.69, 9.17) is 9.47 Å². The maximum atomic E-state index is 13.6. The normalized spacial score (nSPS) is 17.3. The van der Waals surface area contributed by atoms with E-state index in [0.29, 0.717) is 19.5 Å². The van der Waals surface area contributed by atoms with E-state index >= 15 is 0 Å². The van der Waals surface area contributed by atoms with Gasteiger partial charge in [0, 0.05) is 43.3 Å². The number of piperidine rings is 1. The molecule has 2 aliphatic heterocycles. The number of aromatic nitrogens is 2. The molecule has 1 N–H and O–H groups in total. The first kappa shape index (κ1) is 29.4. The summed E-state index contributed by atoms with van der Waals surface area (Å²) in [5.74, 6) is 1.04. The number of hydrogen-bond acceptors (Lipinski definition) is 7. The number of ether oxygens (including phenoxy) is 2. The van der Waals surface area contributed by atoms with Crippen LogP contribution in [0.2, 0.25) is 0 Å². The molecule has 9 heteroatoms. The number of ketones is 1. The Hall–Kier alpha value is -3.69. The number of Topliss-reactive ketones (excluding diaryl/α,β-unsaturated/α-hetero) is 1. The largest absolute Gasteiger partial charge is 0.490 e. The molecular formula is C34H40N4O4S. The fraction of sp³-hybridized carbons (Fsp3) is 0.441. The second-order valence-electron chi connectivity index (χ2n) is 12.6. The van der Waals surface area contributed by atoms with Crippen molar-refractivity contribution in [1.82, 2.24) is 20.0 Å². The lowest BCUT2D eigenvalue weighted by Gasteiger charge is -2.33. The number of likely N-dealkylation sites (tertiary alicyclic amines) is 2. The highest BCUT2D eigenvalue weighted by Gasteiger charge is 2.30. The van der Waals surface area contributed by atoms with Gasteiger partial charge in [-0.25, -0.2) is 4.79 Å². The van der Waals surface area contributed by atoms with Crippen LogP contribution in [-0.4, -0.2) is 69.8 Å². The Morgan fingerprint density at radius 2 is 1.77 bits per heavy atom. The van der Waals surface area contributed by atoms with Crippen molar-refractivity contribution >= 4 is 34.1 Å². The van der Waals surface area contributed by atoms with Gasteiger partial charge >= 0.3 is 6.09 Å². The highest BCUT2D eigenvalue weighted by atomic mass is 32.1. The number of thiophene rings is 1. The number of nitrogens with one attached hydrogen (secondary N) is 1. The number of carbonyl (C=O) groups excluding carboxylic acids is 2. The minimum atomic E-state index is -0.495. The molecular weight excluding hydrogens is 560 g/mol. The number of nitrogens with zero attached hydrogens (tertiary/aromatic N) is 3. The van der Waals surface area contributed by atoms with Gasteiger partial charge in [0.05, 0.1) is 17.3 Å². The Balaban J connectivity index is 1.11. The first-order valence-corrected chi connectivity index (χ1v) is 16.2. The minimum Gasteiger partial charge on any atom is -0.490 e. The van der Waals surface area contributed by atoms with E-state index in [0.717, 1.165) is 77.8 Å². The van der Waals surface area contributed by atoms with Gasteiger partial charge in [0.1, 0.15) is 17.5 Å². The molecule has 2 aliphatic rings. The molecule has 2 aromatic carbocycles. The van der Waals surface area contributed by atoms with Crippen molar-refractivity contribution < 1.29 is 19.1 Å². The average molecular weight is 601 g/mol. The van der Waals surface area contributed by atoms with Crippen molar-refractivity contribution in [2.24, 2.45) is 0 Å². The van der Waals surface area contributed by atoms with Crippen LogP contribution < -0.4 is 4.74 Å². The van der Waals surface area contributed by atoms with Gasteiger partial charge < -0.3 is 14.4 Å². The molecule has 0 radical (unpaired) electrons. The number of hydrogen-bond donors (Lipinski definition) is 1. The SMILES string of the molecule is CC(C)(C)OC(=O)N1CCC(Oc2ccc(-c3n[nH]c4ccc(CC(=O)C(c5ccsc5)N5CCCC5)cc34)cc2)CC1. The third kappa shape index (κ3) is 6.94. The molecule has 1 atom stereocenters. The molecule has 4 heterocycles. The van der Waals surface area contributed by atoms with E-state index in [2.05, 4.69) is 38.0 Å². The second kappa shape index (κ2) is 12.5. The van der Waals surface area contributed by atoms with E-state index in [1.165, 1.54) is 0 Å². The molecule has 2 saturated heterocycles. The number of amides is 1. The first-order chi connectivity index (χ1) is 20.7. The molecule has 0 bridgehead atoms. The van der Waals surface area contributed by atoms with Crippen LogP contribution >= 0.6 is 11.3 Å². The maximum Gasteiger partial charge on any atom is 0.410 e. The van der Waals surface area contributed by atoms with Gasteiger partial charge in [-0.3, -0.25) is 14.8 Å². The maximum absolute atomic E-state index is 13.6. The van der Waals surface area contributed by atoms with Crippen LogP contribution in [-0.2, 0) is 16.0 Å². The zero-order chi connectivity index (χ0) is 30.0. The molecule has 2 aromatic heterocycles. The Kier molecular flexibility index (Phi) is 8.54. The molecule has 226 valence electrons. The molecule has 43 heavy (non-hydrogen) atoms. The number of fused-ring (bicyclic) bond motifs is 1. The average Bonchev–Trinajstić information content (AvgIpc) is 3.77. The predicted molar refractivity (Wildman–Crippen MR) is 170 cm³/mol. The lowest BCUT2D eigenvalue weighted by atomic mass is 9.97. The van der Waals surface area contributed by atoms with Gasteiger partial charge in [-0.05, 0) is 111 Å². The van der Waals surface area contributed by atoms with Crippen LogP contribution in [0.4, 0.5) is 4.79 Å². The Morgan fingerprint density at radius 3 is 2.44 bits per heavy atom. The Morgan fingerprint density at radius 1 is 1.02 bits per heavy atom. The summed E-state index contributed by atoms with van der Waals surface area (Å²) in [6, 6.07) is 16.1. The lowest BCUT2D eigenvalue weighted by Crippen LogP contribution is -2.44. The molecule has 0 aliphatic carbocycles. The summed E-state index contributed by atoms with van der Waals surface area (Å²) in [4.78, 5) is 30.1. The van der Waals surface area contributed by atoms with E-state index in [-0.39, 0.29) is 24.0 Å². The number of rotatable bonds is 8. The van der Waals surface area contributed by atoms with Gasteiger partial charge in [0.25, 0.3) is 0 Å². The number of aromatic amines is 1. The third-order valence-electron chi connectivity index (χ3n) is 8.20. The fourth-order valence-electron chi connectivity index (χ4n) is 6.09. The third-order valence-corrected chi connectivity index (χ3v) is 8.90. The standard InChI is InChI=1S/C34H40N4O4S/c1-34(2,3)42-33(40)38-17-12-27(13-18-38)41-26-9-7-24(8-10-26)31-28-20-23(6-11-29(28)35-36-31)21-30(39)32(25-14-19-43-22-25)37-15-4-5-16-37/h6-11,14,19-20,22,27,32H,4-5,12-13,15-18,21H2,1-3H3,(H,35,36). The van der Waals surface area contributed by atoms with Crippen LogP contribution in [0.15, 0.2) is 59.3 Å². The summed E-state index contributed by atoms with van der Waals surface area (Å²) in [6.45, 7) is 8.84. The summed E-state index contributed by atoms with van der Waals surface area (Å²) in [5, 5.41) is 12.9. The summed E-state index contributed by atoms with van der Waals surface area (Å²) in [6.07, 6.45) is 3.99. The summed E-state index contributed by atoms with van der Waals surface area (Å²) >= 11 is 1.65. The quantitative estimate of drug-likeness (QED) is 0.234. The number of benzene rings is 2. The molecule has 6 rings (SSSR count). The predicted octanol–water partition coefficient (Wildman–Crippen LogP) is 7.02. The highest BCUT2D eigenvalue weighted by molar-refractivity contribution is 7.08. The second-order valence-corrected chi connectivity index (χ2v) is 13.4. The molecule has 8 nitrogen and oxygen atoms in total. The first-order valence-electron chi connectivity index (χ1n) is 15.2. The van der Waals surface area contributed by atoms with Crippen molar-refractivity contribution in [3.05, 3.63) is 70.4 Å². The molecule has 0 spiro atoms. The van der Waals surface area contributed by atoms with E-state index in [1.807, 2.05) is 57.2 Å². The van der Waals surface area contributed by atoms with Gasteiger partial charge in [0.15, 0.2) is 5.78 Å². The lowest BCUT2D eigenvalue weighted by molar-refractivity contribution is -0.123. The smallest absolute Gasteiger partial charge is 0.410 e. The van der Waals surface area contributed by atoms with Crippen molar-refractivity contribution in [3.63, 3.8) is 0 Å².